The zero-order chi connectivity index (χ0) is 17.0. The first kappa shape index (κ1) is 16.7. The Morgan fingerprint density at radius 3 is 2.54 bits per heavy atom. The fraction of sp³-hybridized carbons (Fsp3) is 0.263. The molecule has 1 aromatic heterocycles. The van der Waals surface area contributed by atoms with Crippen molar-refractivity contribution in [1.82, 2.24) is 10.3 Å². The molecule has 0 spiro atoms. The maximum absolute atomic E-state index is 12.9. The zero-order valence-electron chi connectivity index (χ0n) is 13.7. The van der Waals surface area contributed by atoms with Gasteiger partial charge in [-0.1, -0.05) is 43.3 Å². The molecule has 24 heavy (non-hydrogen) atoms. The lowest BCUT2D eigenvalue weighted by Gasteiger charge is -2.06. The molecular formula is C19H22N2O2S. The maximum atomic E-state index is 12.9. The van der Waals surface area contributed by atoms with E-state index in [2.05, 4.69) is 17.2 Å². The summed E-state index contributed by atoms with van der Waals surface area (Å²) in [6.45, 7) is 4.01. The smallest absolute Gasteiger partial charge is 0.208 e. The number of sulfone groups is 1. The highest BCUT2D eigenvalue weighted by atomic mass is 32.2. The van der Waals surface area contributed by atoms with E-state index in [1.54, 1.807) is 30.5 Å². The Kier molecular flexibility index (Phi) is 5.02. The Bertz CT molecular complexity index is 915. The molecule has 2 N–H and O–H groups in total. The Labute approximate surface area is 142 Å². The summed E-state index contributed by atoms with van der Waals surface area (Å²) < 4.78 is 25.8. The van der Waals surface area contributed by atoms with Crippen LogP contribution < -0.4 is 5.32 Å². The second-order valence-electron chi connectivity index (χ2n) is 5.81. The average molecular weight is 342 g/mol. The van der Waals surface area contributed by atoms with Crippen molar-refractivity contribution in [2.75, 3.05) is 13.1 Å². The Morgan fingerprint density at radius 2 is 1.79 bits per heavy atom. The molecule has 0 fully saturated rings. The molecule has 0 aliphatic rings. The molecule has 5 heteroatoms. The first-order chi connectivity index (χ1) is 11.6. The largest absolute Gasteiger partial charge is 0.360 e. The molecule has 4 nitrogen and oxygen atoms in total. The van der Waals surface area contributed by atoms with Crippen LogP contribution in [0, 0.1) is 0 Å². The summed E-state index contributed by atoms with van der Waals surface area (Å²) in [5.74, 6) is 0. The lowest BCUT2D eigenvalue weighted by Crippen LogP contribution is -2.17. The molecular weight excluding hydrogens is 320 g/mol. The molecule has 0 amide bonds. The van der Waals surface area contributed by atoms with E-state index in [0.29, 0.717) is 9.79 Å². The fourth-order valence-electron chi connectivity index (χ4n) is 2.87. The highest BCUT2D eigenvalue weighted by molar-refractivity contribution is 7.91. The number of H-pyrrole nitrogens is 1. The van der Waals surface area contributed by atoms with Gasteiger partial charge >= 0.3 is 0 Å². The molecule has 0 aliphatic carbocycles. The summed E-state index contributed by atoms with van der Waals surface area (Å²) in [4.78, 5) is 3.83. The van der Waals surface area contributed by atoms with Crippen LogP contribution in [0.25, 0.3) is 10.9 Å². The zero-order valence-corrected chi connectivity index (χ0v) is 14.6. The highest BCUT2D eigenvalue weighted by Gasteiger charge is 2.22. The van der Waals surface area contributed by atoms with Gasteiger partial charge in [0.05, 0.1) is 15.3 Å². The first-order valence-electron chi connectivity index (χ1n) is 8.24. The molecule has 2 aromatic carbocycles. The summed E-state index contributed by atoms with van der Waals surface area (Å²) in [7, 11) is -3.51. The first-order valence-corrected chi connectivity index (χ1v) is 9.72. The van der Waals surface area contributed by atoms with Crippen LogP contribution >= 0.6 is 0 Å². The number of nitrogens with one attached hydrogen (secondary N) is 2. The van der Waals surface area contributed by atoms with Gasteiger partial charge in [0.15, 0.2) is 0 Å². The summed E-state index contributed by atoms with van der Waals surface area (Å²) in [5, 5.41) is 4.14. The van der Waals surface area contributed by atoms with Gasteiger partial charge < -0.3 is 10.3 Å². The lowest BCUT2D eigenvalue weighted by molar-refractivity contribution is 0.597. The third-order valence-corrected chi connectivity index (χ3v) is 5.91. The minimum atomic E-state index is -3.51. The van der Waals surface area contributed by atoms with E-state index >= 15 is 0 Å². The summed E-state index contributed by atoms with van der Waals surface area (Å²) >= 11 is 0. The van der Waals surface area contributed by atoms with Gasteiger partial charge in [0.2, 0.25) is 9.84 Å². The van der Waals surface area contributed by atoms with Crippen LogP contribution in [-0.2, 0) is 16.3 Å². The van der Waals surface area contributed by atoms with E-state index < -0.39 is 9.84 Å². The van der Waals surface area contributed by atoms with Crippen molar-refractivity contribution >= 4 is 20.7 Å². The number of benzene rings is 2. The Balaban J connectivity index is 1.97. The van der Waals surface area contributed by atoms with Gasteiger partial charge in [-0.2, -0.15) is 0 Å². The van der Waals surface area contributed by atoms with E-state index in [9.17, 15) is 8.42 Å². The van der Waals surface area contributed by atoms with E-state index in [0.717, 1.165) is 42.4 Å². The third-order valence-electron chi connectivity index (χ3n) is 4.10. The number of fused-ring (bicyclic) bond motifs is 1. The van der Waals surface area contributed by atoms with Crippen molar-refractivity contribution in [2.24, 2.45) is 0 Å². The van der Waals surface area contributed by atoms with Crippen molar-refractivity contribution in [3.63, 3.8) is 0 Å². The Hall–Kier alpha value is -2.11. The van der Waals surface area contributed by atoms with Crippen molar-refractivity contribution in [2.45, 2.75) is 29.6 Å². The predicted octanol–water partition coefficient (Wildman–Crippen LogP) is 3.54. The van der Waals surface area contributed by atoms with E-state index in [1.807, 2.05) is 24.3 Å². The number of hydrogen-bond donors (Lipinski definition) is 2. The van der Waals surface area contributed by atoms with E-state index in [4.69, 9.17) is 0 Å². The molecule has 0 aliphatic heterocycles. The molecule has 1 heterocycles. The van der Waals surface area contributed by atoms with Crippen LogP contribution in [-0.4, -0.2) is 26.5 Å². The fourth-order valence-corrected chi connectivity index (χ4v) is 4.32. The SMILES string of the molecule is CCCNCCc1cccc2c(S(=O)(=O)c3ccccc3)c[nH]c12. The minimum absolute atomic E-state index is 0.320. The standard InChI is InChI=1S/C19H22N2O2S/c1-2-12-20-13-11-15-7-6-10-17-18(14-21-19(15)17)24(22,23)16-8-4-3-5-9-16/h3-10,14,20-21H,2,11-13H2,1H3. The van der Waals surface area contributed by atoms with Crippen LogP contribution in [0.2, 0.25) is 0 Å². The maximum Gasteiger partial charge on any atom is 0.208 e. The van der Waals surface area contributed by atoms with Gasteiger partial charge in [0.25, 0.3) is 0 Å². The van der Waals surface area contributed by atoms with Crippen LogP contribution in [0.3, 0.4) is 0 Å². The van der Waals surface area contributed by atoms with Gasteiger partial charge in [-0.25, -0.2) is 8.42 Å². The van der Waals surface area contributed by atoms with Crippen LogP contribution in [0.15, 0.2) is 64.5 Å². The van der Waals surface area contributed by atoms with E-state index in [1.165, 1.54) is 0 Å². The van der Waals surface area contributed by atoms with Crippen LogP contribution in [0.5, 0.6) is 0 Å². The van der Waals surface area contributed by atoms with Crippen LogP contribution in [0.1, 0.15) is 18.9 Å². The number of aromatic amines is 1. The lowest BCUT2D eigenvalue weighted by atomic mass is 10.1. The van der Waals surface area contributed by atoms with Crippen molar-refractivity contribution in [1.29, 1.82) is 0 Å². The highest BCUT2D eigenvalue weighted by Crippen LogP contribution is 2.29. The van der Waals surface area contributed by atoms with Gasteiger partial charge in [0.1, 0.15) is 0 Å². The van der Waals surface area contributed by atoms with Gasteiger partial charge in [-0.3, -0.25) is 0 Å². The quantitative estimate of drug-likeness (QED) is 0.646. The molecule has 0 saturated carbocycles. The average Bonchev–Trinajstić information content (AvgIpc) is 3.05. The molecule has 3 aromatic rings. The topological polar surface area (TPSA) is 62.0 Å². The number of rotatable bonds is 7. The van der Waals surface area contributed by atoms with Crippen molar-refractivity contribution in [3.05, 3.63) is 60.3 Å². The Morgan fingerprint density at radius 1 is 1.00 bits per heavy atom. The monoisotopic (exact) mass is 342 g/mol. The molecule has 0 bridgehead atoms. The van der Waals surface area contributed by atoms with Crippen LogP contribution in [0.4, 0.5) is 0 Å². The summed E-state index contributed by atoms with van der Waals surface area (Å²) in [6, 6.07) is 14.4. The number of para-hydroxylation sites is 1. The normalized spacial score (nSPS) is 11.9. The predicted molar refractivity (Wildman–Crippen MR) is 97.1 cm³/mol. The number of hydrogen-bond acceptors (Lipinski definition) is 3. The molecule has 0 unspecified atom stereocenters. The minimum Gasteiger partial charge on any atom is -0.360 e. The second kappa shape index (κ2) is 7.20. The molecule has 0 atom stereocenters. The summed E-state index contributed by atoms with van der Waals surface area (Å²) in [5.41, 5.74) is 2.04. The van der Waals surface area contributed by atoms with Crippen molar-refractivity contribution in [3.8, 4) is 0 Å². The van der Waals surface area contributed by atoms with Crippen molar-refractivity contribution < 1.29 is 8.42 Å². The number of aromatic nitrogens is 1. The molecule has 126 valence electrons. The molecule has 0 radical (unpaired) electrons. The van der Waals surface area contributed by atoms with Gasteiger partial charge in [-0.15, -0.1) is 0 Å². The molecule has 0 saturated heterocycles. The second-order valence-corrected chi connectivity index (χ2v) is 7.73. The third kappa shape index (κ3) is 3.23. The van der Waals surface area contributed by atoms with E-state index in [-0.39, 0.29) is 0 Å². The van der Waals surface area contributed by atoms with Gasteiger partial charge in [-0.05, 0) is 43.6 Å². The molecule has 3 rings (SSSR count). The summed E-state index contributed by atoms with van der Waals surface area (Å²) in [6.07, 6.45) is 3.57. The van der Waals surface area contributed by atoms with Gasteiger partial charge in [0, 0.05) is 11.6 Å².